The molecule has 2 atom stereocenters. The van der Waals surface area contributed by atoms with Crippen LogP contribution < -0.4 is 5.32 Å². The lowest BCUT2D eigenvalue weighted by molar-refractivity contribution is 0.206. The van der Waals surface area contributed by atoms with Crippen molar-refractivity contribution in [2.24, 2.45) is 0 Å². The van der Waals surface area contributed by atoms with Crippen molar-refractivity contribution in [1.29, 1.82) is 0 Å². The first-order valence-electron chi connectivity index (χ1n) is 6.44. The Morgan fingerprint density at radius 2 is 2.00 bits per heavy atom. The third-order valence-electron chi connectivity index (χ3n) is 3.97. The fourth-order valence-corrected chi connectivity index (χ4v) is 3.00. The molecule has 2 saturated heterocycles. The maximum absolute atomic E-state index is 3.27. The minimum Gasteiger partial charge on any atom is -0.318 e. The number of nitrogens with zero attached hydrogens (tertiary/aromatic N) is 2. The van der Waals surface area contributed by atoms with E-state index in [1.807, 2.05) is 7.05 Å². The zero-order valence-corrected chi connectivity index (χ0v) is 10.2. The molecule has 0 saturated carbocycles. The lowest BCUT2D eigenvalue weighted by Gasteiger charge is -2.27. The van der Waals surface area contributed by atoms with Crippen LogP contribution in [0.1, 0.15) is 26.2 Å². The SMILES string of the molecule is CNCC(C)N1CCC(N2CCCC2)C1. The molecule has 0 aromatic rings. The highest BCUT2D eigenvalue weighted by molar-refractivity contribution is 4.87. The summed E-state index contributed by atoms with van der Waals surface area (Å²) in [6.07, 6.45) is 4.22. The molecule has 2 heterocycles. The Morgan fingerprint density at radius 3 is 2.67 bits per heavy atom. The van der Waals surface area contributed by atoms with Crippen LogP contribution in [0.15, 0.2) is 0 Å². The predicted octanol–water partition coefficient (Wildman–Crippen LogP) is 0.764. The molecule has 0 bridgehead atoms. The molecule has 0 aromatic carbocycles. The van der Waals surface area contributed by atoms with Gasteiger partial charge >= 0.3 is 0 Å². The van der Waals surface area contributed by atoms with Gasteiger partial charge in [0.1, 0.15) is 0 Å². The van der Waals surface area contributed by atoms with E-state index < -0.39 is 0 Å². The first-order chi connectivity index (χ1) is 7.31. The first kappa shape index (κ1) is 11.4. The zero-order chi connectivity index (χ0) is 10.7. The molecule has 88 valence electrons. The average molecular weight is 211 g/mol. The van der Waals surface area contributed by atoms with Crippen molar-refractivity contribution in [3.8, 4) is 0 Å². The van der Waals surface area contributed by atoms with E-state index in [1.54, 1.807) is 0 Å². The summed E-state index contributed by atoms with van der Waals surface area (Å²) >= 11 is 0. The Hall–Kier alpha value is -0.120. The second-order valence-electron chi connectivity index (χ2n) is 5.09. The number of rotatable bonds is 4. The van der Waals surface area contributed by atoms with Gasteiger partial charge in [0.05, 0.1) is 0 Å². The summed E-state index contributed by atoms with van der Waals surface area (Å²) in [5.74, 6) is 0. The quantitative estimate of drug-likeness (QED) is 0.741. The molecule has 3 nitrogen and oxygen atoms in total. The maximum atomic E-state index is 3.27. The Kier molecular flexibility index (Phi) is 4.00. The van der Waals surface area contributed by atoms with Gasteiger partial charge in [-0.2, -0.15) is 0 Å². The van der Waals surface area contributed by atoms with Gasteiger partial charge in [-0.3, -0.25) is 9.80 Å². The van der Waals surface area contributed by atoms with E-state index in [1.165, 1.54) is 45.4 Å². The number of likely N-dealkylation sites (N-methyl/N-ethyl adjacent to an activating group) is 1. The molecule has 2 aliphatic rings. The van der Waals surface area contributed by atoms with E-state index in [-0.39, 0.29) is 0 Å². The van der Waals surface area contributed by atoms with Crippen LogP contribution in [-0.4, -0.2) is 61.7 Å². The van der Waals surface area contributed by atoms with Crippen LogP contribution in [0, 0.1) is 0 Å². The summed E-state index contributed by atoms with van der Waals surface area (Å²) in [6.45, 7) is 8.74. The van der Waals surface area contributed by atoms with Gasteiger partial charge in [-0.1, -0.05) is 0 Å². The van der Waals surface area contributed by atoms with Gasteiger partial charge in [0, 0.05) is 31.7 Å². The largest absolute Gasteiger partial charge is 0.318 e. The summed E-state index contributed by atoms with van der Waals surface area (Å²) in [4.78, 5) is 5.34. The molecule has 15 heavy (non-hydrogen) atoms. The van der Waals surface area contributed by atoms with Gasteiger partial charge in [0.15, 0.2) is 0 Å². The van der Waals surface area contributed by atoms with Crippen LogP contribution in [0.5, 0.6) is 0 Å². The van der Waals surface area contributed by atoms with Crippen molar-refractivity contribution in [3.63, 3.8) is 0 Å². The fourth-order valence-electron chi connectivity index (χ4n) is 3.00. The van der Waals surface area contributed by atoms with Crippen molar-refractivity contribution in [1.82, 2.24) is 15.1 Å². The lowest BCUT2D eigenvalue weighted by atomic mass is 10.2. The topological polar surface area (TPSA) is 18.5 Å². The normalized spacial score (nSPS) is 31.2. The highest BCUT2D eigenvalue weighted by atomic mass is 15.3. The minimum absolute atomic E-state index is 0.697. The standard InChI is InChI=1S/C12H25N3/c1-11(9-13-2)15-8-5-12(10-15)14-6-3-4-7-14/h11-13H,3-10H2,1-2H3. The van der Waals surface area contributed by atoms with E-state index in [2.05, 4.69) is 22.0 Å². The van der Waals surface area contributed by atoms with Crippen molar-refractivity contribution in [3.05, 3.63) is 0 Å². The monoisotopic (exact) mass is 211 g/mol. The van der Waals surface area contributed by atoms with Gasteiger partial charge < -0.3 is 5.32 Å². The highest BCUT2D eigenvalue weighted by Gasteiger charge is 2.30. The summed E-state index contributed by atoms with van der Waals surface area (Å²) in [5.41, 5.74) is 0. The Morgan fingerprint density at radius 1 is 1.27 bits per heavy atom. The van der Waals surface area contributed by atoms with Crippen LogP contribution in [0.4, 0.5) is 0 Å². The molecular formula is C12H25N3. The second kappa shape index (κ2) is 5.28. The lowest BCUT2D eigenvalue weighted by Crippen LogP contribution is -2.41. The third kappa shape index (κ3) is 2.71. The Bertz CT molecular complexity index is 189. The van der Waals surface area contributed by atoms with Crippen LogP contribution in [0.25, 0.3) is 0 Å². The van der Waals surface area contributed by atoms with Crippen molar-refractivity contribution >= 4 is 0 Å². The molecule has 0 aliphatic carbocycles. The second-order valence-corrected chi connectivity index (χ2v) is 5.09. The maximum Gasteiger partial charge on any atom is 0.0235 e. The number of likely N-dealkylation sites (tertiary alicyclic amines) is 2. The molecule has 0 aromatic heterocycles. The molecule has 0 amide bonds. The smallest absolute Gasteiger partial charge is 0.0235 e. The summed E-state index contributed by atoms with van der Waals surface area (Å²) in [5, 5.41) is 3.27. The Balaban J connectivity index is 1.78. The van der Waals surface area contributed by atoms with Crippen LogP contribution in [0.2, 0.25) is 0 Å². The molecule has 2 aliphatic heterocycles. The molecule has 2 fully saturated rings. The highest BCUT2D eigenvalue weighted by Crippen LogP contribution is 2.21. The van der Waals surface area contributed by atoms with Crippen molar-refractivity contribution in [2.45, 2.75) is 38.3 Å². The van der Waals surface area contributed by atoms with E-state index >= 15 is 0 Å². The van der Waals surface area contributed by atoms with E-state index in [0.717, 1.165) is 12.6 Å². The summed E-state index contributed by atoms with van der Waals surface area (Å²) < 4.78 is 0. The molecule has 1 N–H and O–H groups in total. The zero-order valence-electron chi connectivity index (χ0n) is 10.2. The van der Waals surface area contributed by atoms with E-state index in [0.29, 0.717) is 6.04 Å². The molecule has 2 unspecified atom stereocenters. The van der Waals surface area contributed by atoms with Gasteiger partial charge in [0.2, 0.25) is 0 Å². The third-order valence-corrected chi connectivity index (χ3v) is 3.97. The number of hydrogen-bond acceptors (Lipinski definition) is 3. The molecule has 0 radical (unpaired) electrons. The van der Waals surface area contributed by atoms with Crippen molar-refractivity contribution < 1.29 is 0 Å². The minimum atomic E-state index is 0.697. The average Bonchev–Trinajstić information content (AvgIpc) is 2.89. The number of nitrogens with one attached hydrogen (secondary N) is 1. The van der Waals surface area contributed by atoms with Gasteiger partial charge in [-0.25, -0.2) is 0 Å². The summed E-state index contributed by atoms with van der Waals surface area (Å²) in [6, 6.07) is 1.55. The van der Waals surface area contributed by atoms with E-state index in [9.17, 15) is 0 Å². The molecule has 3 heteroatoms. The molecule has 2 rings (SSSR count). The fraction of sp³-hybridized carbons (Fsp3) is 1.00. The van der Waals surface area contributed by atoms with Crippen molar-refractivity contribution in [2.75, 3.05) is 39.8 Å². The molecular weight excluding hydrogens is 186 g/mol. The van der Waals surface area contributed by atoms with Gasteiger partial charge in [0.25, 0.3) is 0 Å². The van der Waals surface area contributed by atoms with Gasteiger partial charge in [-0.05, 0) is 46.3 Å². The van der Waals surface area contributed by atoms with Crippen LogP contribution in [0.3, 0.4) is 0 Å². The van der Waals surface area contributed by atoms with Crippen LogP contribution in [-0.2, 0) is 0 Å². The number of hydrogen-bond donors (Lipinski definition) is 1. The first-order valence-corrected chi connectivity index (χ1v) is 6.44. The van der Waals surface area contributed by atoms with Gasteiger partial charge in [-0.15, -0.1) is 0 Å². The summed E-state index contributed by atoms with van der Waals surface area (Å²) in [7, 11) is 2.05. The predicted molar refractivity (Wildman–Crippen MR) is 64.2 cm³/mol. The molecule has 0 spiro atoms. The Labute approximate surface area is 93.8 Å². The van der Waals surface area contributed by atoms with E-state index in [4.69, 9.17) is 0 Å². The van der Waals surface area contributed by atoms with Crippen LogP contribution >= 0.6 is 0 Å².